The summed E-state index contributed by atoms with van der Waals surface area (Å²) in [6.45, 7) is 7.92. The molecule has 0 aromatic heterocycles. The molecule has 1 saturated carbocycles. The molecule has 0 heterocycles. The average Bonchev–Trinajstić information content (AvgIpc) is 2.96. The summed E-state index contributed by atoms with van der Waals surface area (Å²) in [5, 5.41) is 11.1. The van der Waals surface area contributed by atoms with E-state index < -0.39 is 0 Å². The first-order valence-electron chi connectivity index (χ1n) is 10.7. The maximum absolute atomic E-state index is 11.1. The van der Waals surface area contributed by atoms with Gasteiger partial charge in [-0.1, -0.05) is 62.3 Å². The smallest absolute Gasteiger partial charge is 0.0646 e. The number of nitrogens with one attached hydrogen (secondary N) is 1. The van der Waals surface area contributed by atoms with E-state index in [1.807, 2.05) is 6.07 Å². The summed E-state index contributed by atoms with van der Waals surface area (Å²) in [7, 11) is 0. The molecular weight excluding hydrogens is 362 g/mol. The molecule has 1 aromatic carbocycles. The molecule has 3 heteroatoms. The maximum Gasteiger partial charge on any atom is 0.0646 e. The van der Waals surface area contributed by atoms with Gasteiger partial charge in [-0.15, -0.1) is 0 Å². The molecule has 3 atom stereocenters. The van der Waals surface area contributed by atoms with Gasteiger partial charge in [-0.05, 0) is 78.7 Å². The molecule has 3 aliphatic carbocycles. The van der Waals surface area contributed by atoms with Crippen LogP contribution in [0.1, 0.15) is 52.9 Å². The number of benzene rings is 1. The molecule has 0 spiro atoms. The number of fused-ring (bicyclic) bond motifs is 3. The molecule has 1 fully saturated rings. The van der Waals surface area contributed by atoms with Crippen molar-refractivity contribution in [3.63, 3.8) is 0 Å². The first-order chi connectivity index (χ1) is 13.5. The second-order valence-corrected chi connectivity index (χ2v) is 10.2. The minimum absolute atomic E-state index is 0.269. The summed E-state index contributed by atoms with van der Waals surface area (Å²) in [6.07, 6.45) is 9.98. The second-order valence-electron chi connectivity index (χ2n) is 9.22. The summed E-state index contributed by atoms with van der Waals surface area (Å²) in [5.41, 5.74) is 6.29. The van der Waals surface area contributed by atoms with Crippen molar-refractivity contribution in [1.82, 2.24) is 4.72 Å². The Kier molecular flexibility index (Phi) is 5.87. The van der Waals surface area contributed by atoms with Crippen LogP contribution >= 0.6 is 11.9 Å². The zero-order valence-corrected chi connectivity index (χ0v) is 18.2. The average molecular weight is 396 g/mol. The Labute approximate surface area is 174 Å². The van der Waals surface area contributed by atoms with Crippen molar-refractivity contribution in [2.75, 3.05) is 6.54 Å². The maximum atomic E-state index is 11.1. The molecule has 0 amide bonds. The molecule has 0 bridgehead atoms. The van der Waals surface area contributed by atoms with Crippen LogP contribution in [0.15, 0.2) is 69.7 Å². The SMILES string of the molecule is CC(C)C1=C2C3=CC=C(CNSc4ccccc4)CC(O)C3CCC2(C)CC1. The molecule has 0 aliphatic heterocycles. The third kappa shape index (κ3) is 3.90. The lowest BCUT2D eigenvalue weighted by Crippen LogP contribution is -2.33. The highest BCUT2D eigenvalue weighted by molar-refractivity contribution is 7.97. The van der Waals surface area contributed by atoms with Crippen molar-refractivity contribution in [2.24, 2.45) is 17.3 Å². The highest BCUT2D eigenvalue weighted by atomic mass is 32.2. The summed E-state index contributed by atoms with van der Waals surface area (Å²) >= 11 is 1.66. The minimum Gasteiger partial charge on any atom is -0.392 e. The molecular formula is C25H33NOS. The van der Waals surface area contributed by atoms with Crippen LogP contribution in [-0.2, 0) is 0 Å². The lowest BCUT2D eigenvalue weighted by molar-refractivity contribution is 0.104. The monoisotopic (exact) mass is 395 g/mol. The quantitative estimate of drug-likeness (QED) is 0.594. The molecule has 1 aromatic rings. The van der Waals surface area contributed by atoms with Gasteiger partial charge in [0.1, 0.15) is 0 Å². The van der Waals surface area contributed by atoms with Crippen LogP contribution in [0.4, 0.5) is 0 Å². The molecule has 0 saturated heterocycles. The molecule has 0 radical (unpaired) electrons. The van der Waals surface area contributed by atoms with Crippen molar-refractivity contribution in [1.29, 1.82) is 0 Å². The van der Waals surface area contributed by atoms with E-state index in [-0.39, 0.29) is 6.10 Å². The normalized spacial score (nSPS) is 29.9. The Balaban J connectivity index is 1.55. The van der Waals surface area contributed by atoms with Gasteiger partial charge in [-0.3, -0.25) is 4.72 Å². The third-order valence-corrected chi connectivity index (χ3v) is 7.73. The van der Waals surface area contributed by atoms with E-state index in [9.17, 15) is 5.11 Å². The van der Waals surface area contributed by atoms with Gasteiger partial charge in [0.2, 0.25) is 0 Å². The zero-order chi connectivity index (χ0) is 19.7. The molecule has 3 aliphatic rings. The van der Waals surface area contributed by atoms with Crippen LogP contribution in [0.25, 0.3) is 0 Å². The number of aliphatic hydroxyl groups excluding tert-OH is 1. The Morgan fingerprint density at radius 3 is 2.71 bits per heavy atom. The van der Waals surface area contributed by atoms with Crippen LogP contribution in [0.5, 0.6) is 0 Å². The van der Waals surface area contributed by atoms with Crippen LogP contribution in [0.3, 0.4) is 0 Å². The number of hydrogen-bond acceptors (Lipinski definition) is 3. The predicted molar refractivity (Wildman–Crippen MR) is 119 cm³/mol. The summed E-state index contributed by atoms with van der Waals surface area (Å²) in [5.74, 6) is 0.898. The molecule has 3 unspecified atom stereocenters. The molecule has 2 N–H and O–H groups in total. The Bertz CT molecular complexity index is 807. The van der Waals surface area contributed by atoms with E-state index in [0.29, 0.717) is 17.3 Å². The largest absolute Gasteiger partial charge is 0.392 e. The van der Waals surface area contributed by atoms with Crippen molar-refractivity contribution < 1.29 is 5.11 Å². The first kappa shape index (κ1) is 20.0. The van der Waals surface area contributed by atoms with E-state index in [1.165, 1.54) is 35.3 Å². The third-order valence-electron chi connectivity index (χ3n) is 6.93. The lowest BCUT2D eigenvalue weighted by atomic mass is 9.64. The van der Waals surface area contributed by atoms with Crippen LogP contribution in [0, 0.1) is 17.3 Å². The second kappa shape index (κ2) is 8.22. The van der Waals surface area contributed by atoms with Gasteiger partial charge in [-0.2, -0.15) is 0 Å². The van der Waals surface area contributed by atoms with Gasteiger partial charge in [0.05, 0.1) is 6.10 Å². The molecule has 2 nitrogen and oxygen atoms in total. The summed E-state index contributed by atoms with van der Waals surface area (Å²) < 4.78 is 3.48. The fourth-order valence-corrected chi connectivity index (χ4v) is 6.07. The van der Waals surface area contributed by atoms with Gasteiger partial charge in [0.15, 0.2) is 0 Å². The number of rotatable bonds is 5. The van der Waals surface area contributed by atoms with E-state index in [0.717, 1.165) is 19.4 Å². The van der Waals surface area contributed by atoms with Gasteiger partial charge in [0.25, 0.3) is 0 Å². The Morgan fingerprint density at radius 1 is 1.18 bits per heavy atom. The van der Waals surface area contributed by atoms with E-state index in [1.54, 1.807) is 23.1 Å². The lowest BCUT2D eigenvalue weighted by Gasteiger charge is -2.41. The highest BCUT2D eigenvalue weighted by Gasteiger charge is 2.45. The van der Waals surface area contributed by atoms with Gasteiger partial charge >= 0.3 is 0 Å². The highest BCUT2D eigenvalue weighted by Crippen LogP contribution is 2.57. The van der Waals surface area contributed by atoms with Gasteiger partial charge in [0, 0.05) is 17.4 Å². The fourth-order valence-electron chi connectivity index (χ4n) is 5.35. The first-order valence-corrected chi connectivity index (χ1v) is 11.6. The zero-order valence-electron chi connectivity index (χ0n) is 17.4. The standard InChI is InChI=1S/C25H33NOS/c1-17(2)20-11-13-25(3)14-12-21-22(24(20)25)10-9-18(15-23(21)27)16-26-28-19-7-5-4-6-8-19/h4-10,17,21,23,26-27H,11-16H2,1-3H3. The predicted octanol–water partition coefficient (Wildman–Crippen LogP) is 6.06. The minimum atomic E-state index is -0.269. The van der Waals surface area contributed by atoms with Crippen LogP contribution < -0.4 is 4.72 Å². The molecule has 28 heavy (non-hydrogen) atoms. The topological polar surface area (TPSA) is 32.3 Å². The van der Waals surface area contributed by atoms with Gasteiger partial charge in [-0.25, -0.2) is 0 Å². The molecule has 4 rings (SSSR count). The van der Waals surface area contributed by atoms with Crippen molar-refractivity contribution in [2.45, 2.75) is 63.9 Å². The van der Waals surface area contributed by atoms with Crippen LogP contribution in [-0.4, -0.2) is 17.8 Å². The van der Waals surface area contributed by atoms with Crippen LogP contribution in [0.2, 0.25) is 0 Å². The summed E-state index contributed by atoms with van der Waals surface area (Å²) in [6, 6.07) is 10.4. The van der Waals surface area contributed by atoms with E-state index in [4.69, 9.17) is 0 Å². The van der Waals surface area contributed by atoms with Gasteiger partial charge < -0.3 is 5.11 Å². The molecule has 150 valence electrons. The van der Waals surface area contributed by atoms with Crippen molar-refractivity contribution >= 4 is 11.9 Å². The van der Waals surface area contributed by atoms with E-state index >= 15 is 0 Å². The van der Waals surface area contributed by atoms with E-state index in [2.05, 4.69) is 61.9 Å². The fraction of sp³-hybridized carbons (Fsp3) is 0.520. The van der Waals surface area contributed by atoms with Crippen molar-refractivity contribution in [3.8, 4) is 0 Å². The Hall–Kier alpha value is -1.29. The number of hydrogen-bond donors (Lipinski definition) is 2. The van der Waals surface area contributed by atoms with Crippen molar-refractivity contribution in [3.05, 3.63) is 64.8 Å². The number of aliphatic hydroxyl groups is 1. The summed E-state index contributed by atoms with van der Waals surface area (Å²) in [4.78, 5) is 1.22. The number of allylic oxidation sites excluding steroid dienone is 4. The Morgan fingerprint density at radius 2 is 1.96 bits per heavy atom.